The first kappa shape index (κ1) is 16.9. The summed E-state index contributed by atoms with van der Waals surface area (Å²) in [6, 6.07) is 7.48. The average molecular weight is 371 g/mol. The minimum Gasteiger partial charge on any atom is -0.378 e. The molecule has 1 aliphatic rings. The number of nitrogens with one attached hydrogen (secondary N) is 2. The number of H-pyrrole nitrogens is 1. The van der Waals surface area contributed by atoms with Gasteiger partial charge in [0.1, 0.15) is 0 Å². The van der Waals surface area contributed by atoms with Crippen LogP contribution in [0.4, 0.5) is 11.5 Å². The van der Waals surface area contributed by atoms with Crippen LogP contribution in [-0.2, 0) is 4.74 Å². The van der Waals surface area contributed by atoms with Crippen molar-refractivity contribution >= 4 is 39.9 Å². The van der Waals surface area contributed by atoms with Crippen LogP contribution < -0.4 is 5.32 Å². The molecule has 1 aromatic carbocycles. The van der Waals surface area contributed by atoms with Gasteiger partial charge in [-0.25, -0.2) is 4.98 Å². The van der Waals surface area contributed by atoms with Crippen LogP contribution in [0.2, 0.25) is 5.02 Å². The number of aryl methyl sites for hydroxylation is 1. The molecule has 3 heterocycles. The molecule has 0 bridgehead atoms. The first-order valence-corrected chi connectivity index (χ1v) is 8.88. The molecule has 1 fully saturated rings. The van der Waals surface area contributed by atoms with Gasteiger partial charge in [0.2, 0.25) is 0 Å². The number of pyridine rings is 1. The van der Waals surface area contributed by atoms with E-state index in [4.69, 9.17) is 16.3 Å². The lowest BCUT2D eigenvalue weighted by Crippen LogP contribution is -2.40. The van der Waals surface area contributed by atoms with E-state index >= 15 is 0 Å². The van der Waals surface area contributed by atoms with Crippen LogP contribution in [-0.4, -0.2) is 47.1 Å². The van der Waals surface area contributed by atoms with Gasteiger partial charge >= 0.3 is 0 Å². The fourth-order valence-corrected chi connectivity index (χ4v) is 3.38. The lowest BCUT2D eigenvalue weighted by molar-refractivity contribution is 0.0304. The SMILES string of the molecule is Cc1c[nH]c2c(Nc3ccccc3Cl)ncc(C(=O)N3CCOCC3)c12. The van der Waals surface area contributed by atoms with Crippen molar-refractivity contribution in [3.8, 4) is 0 Å². The summed E-state index contributed by atoms with van der Waals surface area (Å²) in [5.74, 6) is 0.623. The molecule has 134 valence electrons. The van der Waals surface area contributed by atoms with E-state index in [1.54, 1.807) is 6.20 Å². The number of benzene rings is 1. The molecule has 0 radical (unpaired) electrons. The number of rotatable bonds is 3. The third-order valence-electron chi connectivity index (χ3n) is 4.56. The molecular weight excluding hydrogens is 352 g/mol. The predicted molar refractivity (Wildman–Crippen MR) is 102 cm³/mol. The van der Waals surface area contributed by atoms with Crippen molar-refractivity contribution in [3.63, 3.8) is 0 Å². The number of aromatic nitrogens is 2. The third-order valence-corrected chi connectivity index (χ3v) is 4.89. The molecule has 4 rings (SSSR count). The summed E-state index contributed by atoms with van der Waals surface area (Å²) in [5, 5.41) is 4.75. The van der Waals surface area contributed by atoms with Crippen LogP contribution in [0.1, 0.15) is 15.9 Å². The van der Waals surface area contributed by atoms with E-state index in [1.807, 2.05) is 42.3 Å². The number of hydrogen-bond acceptors (Lipinski definition) is 4. The van der Waals surface area contributed by atoms with Crippen molar-refractivity contribution in [2.75, 3.05) is 31.6 Å². The van der Waals surface area contributed by atoms with Gasteiger partial charge < -0.3 is 19.9 Å². The highest BCUT2D eigenvalue weighted by Crippen LogP contribution is 2.31. The minimum atomic E-state index is -0.0159. The molecule has 1 aliphatic heterocycles. The number of aromatic amines is 1. The Morgan fingerprint density at radius 1 is 1.31 bits per heavy atom. The first-order valence-electron chi connectivity index (χ1n) is 8.50. The summed E-state index contributed by atoms with van der Waals surface area (Å²) in [7, 11) is 0. The lowest BCUT2D eigenvalue weighted by atomic mass is 10.1. The van der Waals surface area contributed by atoms with Crippen molar-refractivity contribution in [1.29, 1.82) is 0 Å². The van der Waals surface area contributed by atoms with Crippen LogP contribution in [0, 0.1) is 6.92 Å². The number of morpholine rings is 1. The maximum atomic E-state index is 13.0. The zero-order valence-corrected chi connectivity index (χ0v) is 15.1. The highest BCUT2D eigenvalue weighted by atomic mass is 35.5. The van der Waals surface area contributed by atoms with E-state index in [9.17, 15) is 4.79 Å². The molecule has 26 heavy (non-hydrogen) atoms. The van der Waals surface area contributed by atoms with Crippen LogP contribution in [0.25, 0.3) is 10.9 Å². The number of fused-ring (bicyclic) bond motifs is 1. The second-order valence-electron chi connectivity index (χ2n) is 6.25. The first-order chi connectivity index (χ1) is 12.6. The average Bonchev–Trinajstić information content (AvgIpc) is 3.06. The number of para-hydroxylation sites is 1. The van der Waals surface area contributed by atoms with E-state index in [2.05, 4.69) is 15.3 Å². The molecule has 0 atom stereocenters. The molecule has 2 aromatic heterocycles. The number of amides is 1. The van der Waals surface area contributed by atoms with Gasteiger partial charge in [0.25, 0.3) is 5.91 Å². The molecule has 7 heteroatoms. The van der Waals surface area contributed by atoms with E-state index in [-0.39, 0.29) is 5.91 Å². The number of carbonyl (C=O) groups is 1. The summed E-state index contributed by atoms with van der Waals surface area (Å²) in [4.78, 5) is 22.5. The Balaban J connectivity index is 1.74. The lowest BCUT2D eigenvalue weighted by Gasteiger charge is -2.27. The summed E-state index contributed by atoms with van der Waals surface area (Å²) in [6.45, 7) is 4.32. The number of hydrogen-bond donors (Lipinski definition) is 2. The second kappa shape index (κ2) is 6.97. The third kappa shape index (κ3) is 3.02. The van der Waals surface area contributed by atoms with Gasteiger partial charge in [-0.1, -0.05) is 23.7 Å². The largest absolute Gasteiger partial charge is 0.378 e. The zero-order valence-electron chi connectivity index (χ0n) is 14.4. The van der Waals surface area contributed by atoms with Crippen LogP contribution in [0.5, 0.6) is 0 Å². The Morgan fingerprint density at radius 3 is 2.85 bits per heavy atom. The van der Waals surface area contributed by atoms with E-state index in [0.717, 1.165) is 22.2 Å². The van der Waals surface area contributed by atoms with Crippen molar-refractivity contribution in [2.45, 2.75) is 6.92 Å². The highest BCUT2D eigenvalue weighted by molar-refractivity contribution is 6.33. The second-order valence-corrected chi connectivity index (χ2v) is 6.66. The smallest absolute Gasteiger partial charge is 0.256 e. The quantitative estimate of drug-likeness (QED) is 0.736. The maximum absolute atomic E-state index is 13.0. The summed E-state index contributed by atoms with van der Waals surface area (Å²) in [6.07, 6.45) is 3.53. The van der Waals surface area contributed by atoms with E-state index in [0.29, 0.717) is 42.7 Å². The number of nitrogens with zero attached hydrogens (tertiary/aromatic N) is 2. The summed E-state index contributed by atoms with van der Waals surface area (Å²) in [5.41, 5.74) is 3.16. The number of halogens is 1. The van der Waals surface area contributed by atoms with Crippen LogP contribution in [0.3, 0.4) is 0 Å². The van der Waals surface area contributed by atoms with Crippen LogP contribution in [0.15, 0.2) is 36.7 Å². The van der Waals surface area contributed by atoms with Gasteiger partial charge in [-0.2, -0.15) is 0 Å². The summed E-state index contributed by atoms with van der Waals surface area (Å²) >= 11 is 6.24. The molecule has 1 saturated heterocycles. The van der Waals surface area contributed by atoms with Crippen molar-refractivity contribution < 1.29 is 9.53 Å². The van der Waals surface area contributed by atoms with Crippen LogP contribution >= 0.6 is 11.6 Å². The number of carbonyl (C=O) groups excluding carboxylic acids is 1. The molecule has 0 saturated carbocycles. The maximum Gasteiger partial charge on any atom is 0.256 e. The Morgan fingerprint density at radius 2 is 2.08 bits per heavy atom. The van der Waals surface area contributed by atoms with Gasteiger partial charge in [-0.15, -0.1) is 0 Å². The number of anilines is 2. The zero-order chi connectivity index (χ0) is 18.1. The molecule has 0 spiro atoms. The van der Waals surface area contributed by atoms with Gasteiger partial charge in [-0.05, 0) is 24.6 Å². The predicted octanol–water partition coefficient (Wildman–Crippen LogP) is 3.74. The van der Waals surface area contributed by atoms with Gasteiger partial charge in [0, 0.05) is 30.9 Å². The molecule has 3 aromatic rings. The molecular formula is C19H19ClN4O2. The highest BCUT2D eigenvalue weighted by Gasteiger charge is 2.23. The Labute approximate surface area is 156 Å². The molecule has 0 unspecified atom stereocenters. The van der Waals surface area contributed by atoms with Gasteiger partial charge in [0.15, 0.2) is 5.82 Å². The summed E-state index contributed by atoms with van der Waals surface area (Å²) < 4.78 is 5.34. The van der Waals surface area contributed by atoms with Gasteiger partial charge in [0.05, 0.1) is 35.0 Å². The molecule has 6 nitrogen and oxygen atoms in total. The van der Waals surface area contributed by atoms with Crippen molar-refractivity contribution in [2.24, 2.45) is 0 Å². The Hall–Kier alpha value is -2.57. The Kier molecular flexibility index (Phi) is 4.53. The fourth-order valence-electron chi connectivity index (χ4n) is 3.20. The topological polar surface area (TPSA) is 70.2 Å². The normalized spacial score (nSPS) is 14.6. The minimum absolute atomic E-state index is 0.0159. The van der Waals surface area contributed by atoms with E-state index in [1.165, 1.54) is 0 Å². The molecule has 2 N–H and O–H groups in total. The fraction of sp³-hybridized carbons (Fsp3) is 0.263. The Bertz CT molecular complexity index is 963. The van der Waals surface area contributed by atoms with Gasteiger partial charge in [-0.3, -0.25) is 4.79 Å². The molecule has 0 aliphatic carbocycles. The number of ether oxygens (including phenoxy) is 1. The van der Waals surface area contributed by atoms with Crippen molar-refractivity contribution in [1.82, 2.24) is 14.9 Å². The molecule has 1 amide bonds. The van der Waals surface area contributed by atoms with E-state index < -0.39 is 0 Å². The van der Waals surface area contributed by atoms with Crippen molar-refractivity contribution in [3.05, 3.63) is 52.8 Å². The monoisotopic (exact) mass is 370 g/mol. The standard InChI is InChI=1S/C19H19ClN4O2/c1-12-10-21-17-16(12)13(19(25)24-6-8-26-9-7-24)11-22-18(17)23-15-5-3-2-4-14(15)20/h2-5,10-11,21H,6-9H2,1H3,(H,22,23).